The average molecular weight is 234 g/mol. The number of hydrogen-bond donors (Lipinski definition) is 0. The van der Waals surface area contributed by atoms with Crippen LogP contribution >= 0.6 is 11.5 Å². The molecule has 0 saturated heterocycles. The van der Waals surface area contributed by atoms with Gasteiger partial charge in [0.05, 0.1) is 12.0 Å². The van der Waals surface area contributed by atoms with Gasteiger partial charge in [0.1, 0.15) is 11.4 Å². The van der Waals surface area contributed by atoms with Crippen molar-refractivity contribution in [3.8, 4) is 16.2 Å². The lowest BCUT2D eigenvalue weighted by atomic mass is 10.1. The lowest BCUT2D eigenvalue weighted by Crippen LogP contribution is -1.90. The van der Waals surface area contributed by atoms with Gasteiger partial charge in [0.2, 0.25) is 0 Å². The van der Waals surface area contributed by atoms with Crippen molar-refractivity contribution in [1.82, 2.24) is 9.59 Å². The lowest BCUT2D eigenvalue weighted by Gasteiger charge is -2.07. The van der Waals surface area contributed by atoms with Crippen molar-refractivity contribution in [2.45, 2.75) is 6.92 Å². The Balaban J connectivity index is 2.62. The second kappa shape index (κ2) is 4.40. The molecule has 0 amide bonds. The van der Waals surface area contributed by atoms with E-state index in [-0.39, 0.29) is 0 Å². The molecule has 1 heterocycles. The van der Waals surface area contributed by atoms with E-state index in [1.54, 1.807) is 7.11 Å². The third kappa shape index (κ3) is 1.81. The second-order valence-corrected chi connectivity index (χ2v) is 4.06. The Bertz CT molecular complexity index is 522. The molecule has 0 radical (unpaired) electrons. The minimum Gasteiger partial charge on any atom is -0.496 e. The van der Waals surface area contributed by atoms with Gasteiger partial charge in [-0.05, 0) is 30.6 Å². The van der Waals surface area contributed by atoms with Crippen molar-refractivity contribution in [3.63, 3.8) is 0 Å². The Kier molecular flexibility index (Phi) is 2.96. The Morgan fingerprint density at radius 2 is 2.25 bits per heavy atom. The van der Waals surface area contributed by atoms with Gasteiger partial charge in [0.25, 0.3) is 0 Å². The van der Waals surface area contributed by atoms with Gasteiger partial charge < -0.3 is 4.74 Å². The van der Waals surface area contributed by atoms with Gasteiger partial charge in [-0.2, -0.15) is 0 Å². The van der Waals surface area contributed by atoms with Crippen LogP contribution in [0.1, 0.15) is 16.1 Å². The van der Waals surface area contributed by atoms with Crippen LogP contribution < -0.4 is 4.74 Å². The number of methoxy groups -OCH3 is 1. The Hall–Kier alpha value is -1.75. The summed E-state index contributed by atoms with van der Waals surface area (Å²) in [5.41, 5.74) is 2.31. The summed E-state index contributed by atoms with van der Waals surface area (Å²) in [7, 11) is 1.60. The fraction of sp³-hybridized carbons (Fsp3) is 0.182. The molecule has 1 aromatic carbocycles. The molecule has 2 rings (SSSR count). The van der Waals surface area contributed by atoms with E-state index in [1.165, 1.54) is 11.5 Å². The molecule has 0 saturated carbocycles. The van der Waals surface area contributed by atoms with Gasteiger partial charge in [-0.3, -0.25) is 4.79 Å². The maximum absolute atomic E-state index is 10.8. The fourth-order valence-corrected chi connectivity index (χ4v) is 2.11. The van der Waals surface area contributed by atoms with E-state index in [9.17, 15) is 4.79 Å². The summed E-state index contributed by atoms with van der Waals surface area (Å²) in [4.78, 5) is 11.6. The van der Waals surface area contributed by atoms with Gasteiger partial charge in [0, 0.05) is 5.56 Å². The van der Waals surface area contributed by atoms with Crippen molar-refractivity contribution in [2.24, 2.45) is 0 Å². The molecular formula is C11H10N2O2S. The van der Waals surface area contributed by atoms with Crippen molar-refractivity contribution in [2.75, 3.05) is 7.11 Å². The van der Waals surface area contributed by atoms with E-state index in [2.05, 4.69) is 9.59 Å². The molecule has 82 valence electrons. The molecule has 5 heteroatoms. The summed E-state index contributed by atoms with van der Waals surface area (Å²) in [6.07, 6.45) is 0.709. The SMILES string of the molecule is COc1ccc(C)cc1-c1snnc1C=O. The second-order valence-electron chi connectivity index (χ2n) is 3.31. The van der Waals surface area contributed by atoms with Crippen molar-refractivity contribution < 1.29 is 9.53 Å². The minimum atomic E-state index is 0.355. The Morgan fingerprint density at radius 1 is 1.44 bits per heavy atom. The maximum atomic E-state index is 10.8. The van der Waals surface area contributed by atoms with Gasteiger partial charge >= 0.3 is 0 Å². The molecular weight excluding hydrogens is 224 g/mol. The number of nitrogens with zero attached hydrogens (tertiary/aromatic N) is 2. The molecule has 4 nitrogen and oxygen atoms in total. The number of aromatic nitrogens is 2. The molecule has 0 unspecified atom stereocenters. The predicted molar refractivity (Wildman–Crippen MR) is 62.0 cm³/mol. The molecule has 0 bridgehead atoms. The topological polar surface area (TPSA) is 52.1 Å². The highest BCUT2D eigenvalue weighted by molar-refractivity contribution is 7.09. The lowest BCUT2D eigenvalue weighted by molar-refractivity contribution is 0.111. The monoisotopic (exact) mass is 234 g/mol. The van der Waals surface area contributed by atoms with Gasteiger partial charge in [0.15, 0.2) is 6.29 Å². The summed E-state index contributed by atoms with van der Waals surface area (Å²) in [6, 6.07) is 5.79. The number of ether oxygens (including phenoxy) is 1. The van der Waals surface area contributed by atoms with Crippen molar-refractivity contribution in [3.05, 3.63) is 29.5 Å². The molecule has 0 aliphatic rings. The normalized spacial score (nSPS) is 10.1. The van der Waals surface area contributed by atoms with Crippen molar-refractivity contribution in [1.29, 1.82) is 0 Å². The number of carbonyl (C=O) groups is 1. The third-order valence-corrected chi connectivity index (χ3v) is 3.00. The summed E-state index contributed by atoms with van der Waals surface area (Å²) in [5.74, 6) is 0.722. The van der Waals surface area contributed by atoms with E-state index in [1.807, 2.05) is 25.1 Å². The summed E-state index contributed by atoms with van der Waals surface area (Å²) < 4.78 is 9.04. The maximum Gasteiger partial charge on any atom is 0.171 e. The average Bonchev–Trinajstić information content (AvgIpc) is 2.76. The zero-order valence-corrected chi connectivity index (χ0v) is 9.75. The van der Waals surface area contributed by atoms with E-state index in [4.69, 9.17) is 4.74 Å². The summed E-state index contributed by atoms with van der Waals surface area (Å²) >= 11 is 1.19. The van der Waals surface area contributed by atoms with Crippen LogP contribution in [0.3, 0.4) is 0 Å². The smallest absolute Gasteiger partial charge is 0.171 e. The van der Waals surface area contributed by atoms with Crippen LogP contribution in [0, 0.1) is 6.92 Å². The first kappa shape index (κ1) is 10.8. The number of rotatable bonds is 3. The van der Waals surface area contributed by atoms with Crippen LogP contribution in [0.4, 0.5) is 0 Å². The molecule has 0 atom stereocenters. The quantitative estimate of drug-likeness (QED) is 0.765. The van der Waals surface area contributed by atoms with Crippen LogP contribution in [0.15, 0.2) is 18.2 Å². The first-order chi connectivity index (χ1) is 7.76. The van der Waals surface area contributed by atoms with Gasteiger partial charge in [-0.15, -0.1) is 5.10 Å². The Morgan fingerprint density at radius 3 is 2.94 bits per heavy atom. The zero-order valence-electron chi connectivity index (χ0n) is 8.93. The summed E-state index contributed by atoms with van der Waals surface area (Å²) in [6.45, 7) is 1.98. The molecule has 1 aromatic heterocycles. The van der Waals surface area contributed by atoms with Crippen molar-refractivity contribution >= 4 is 17.8 Å². The van der Waals surface area contributed by atoms with Gasteiger partial charge in [-0.1, -0.05) is 16.1 Å². The molecule has 16 heavy (non-hydrogen) atoms. The first-order valence-corrected chi connectivity index (χ1v) is 5.46. The molecule has 0 spiro atoms. The molecule has 0 aliphatic carbocycles. The van der Waals surface area contributed by atoms with E-state index in [0.29, 0.717) is 12.0 Å². The van der Waals surface area contributed by atoms with Crippen LogP contribution in [0.5, 0.6) is 5.75 Å². The standard InChI is InChI=1S/C11H10N2O2S/c1-7-3-4-10(15-2)8(5-7)11-9(6-14)12-13-16-11/h3-6H,1-2H3. The molecule has 0 N–H and O–H groups in total. The van der Waals surface area contributed by atoms with E-state index in [0.717, 1.165) is 21.8 Å². The highest BCUT2D eigenvalue weighted by Gasteiger charge is 2.14. The molecule has 0 aliphatic heterocycles. The van der Waals surface area contributed by atoms with Crippen LogP contribution in [0.2, 0.25) is 0 Å². The highest BCUT2D eigenvalue weighted by atomic mass is 32.1. The van der Waals surface area contributed by atoms with E-state index >= 15 is 0 Å². The van der Waals surface area contributed by atoms with Crippen LogP contribution in [0.25, 0.3) is 10.4 Å². The van der Waals surface area contributed by atoms with E-state index < -0.39 is 0 Å². The molecule has 2 aromatic rings. The van der Waals surface area contributed by atoms with Gasteiger partial charge in [-0.25, -0.2) is 0 Å². The zero-order chi connectivity index (χ0) is 11.5. The molecule has 0 fully saturated rings. The number of benzene rings is 1. The fourth-order valence-electron chi connectivity index (χ4n) is 1.46. The number of hydrogen-bond acceptors (Lipinski definition) is 5. The van der Waals surface area contributed by atoms with Crippen LogP contribution in [-0.4, -0.2) is 23.0 Å². The predicted octanol–water partition coefficient (Wildman–Crippen LogP) is 2.33. The minimum absolute atomic E-state index is 0.355. The summed E-state index contributed by atoms with van der Waals surface area (Å²) in [5, 5.41) is 3.76. The number of aryl methyl sites for hydroxylation is 1. The Labute approximate surface area is 97.0 Å². The largest absolute Gasteiger partial charge is 0.496 e. The highest BCUT2D eigenvalue weighted by Crippen LogP contribution is 2.34. The van der Waals surface area contributed by atoms with Crippen LogP contribution in [-0.2, 0) is 0 Å². The first-order valence-electron chi connectivity index (χ1n) is 4.69. The third-order valence-electron chi connectivity index (χ3n) is 2.22. The number of carbonyl (C=O) groups excluding carboxylic acids is 1. The number of aldehydes is 1.